The molecule has 18 heavy (non-hydrogen) atoms. The van der Waals surface area contributed by atoms with E-state index in [-0.39, 0.29) is 0 Å². The Morgan fingerprint density at radius 2 is 2.17 bits per heavy atom. The second-order valence-corrected chi connectivity index (χ2v) is 6.83. The van der Waals surface area contributed by atoms with Gasteiger partial charge in [-0.1, -0.05) is 12.8 Å². The molecular formula is C12H12IN3OS. The third kappa shape index (κ3) is 1.51. The normalized spacial score (nSPS) is 21.1. The molecule has 2 saturated heterocycles. The summed E-state index contributed by atoms with van der Waals surface area (Å²) in [5.74, 6) is 0. The van der Waals surface area contributed by atoms with Crippen molar-refractivity contribution in [3.05, 3.63) is 22.0 Å². The summed E-state index contributed by atoms with van der Waals surface area (Å²) in [6.45, 7) is 4.03. The first-order valence-electron chi connectivity index (χ1n) is 5.85. The van der Waals surface area contributed by atoms with E-state index in [1.165, 1.54) is 14.6 Å². The van der Waals surface area contributed by atoms with Gasteiger partial charge >= 0.3 is 0 Å². The Balaban J connectivity index is 1.68. The molecular weight excluding hydrogens is 361 g/mol. The Labute approximate surface area is 124 Å². The fraction of sp³-hybridized carbons (Fsp3) is 0.417. The molecule has 2 aliphatic rings. The van der Waals surface area contributed by atoms with Crippen LogP contribution in [-0.4, -0.2) is 35.3 Å². The Kier molecular flexibility index (Phi) is 2.38. The number of anilines is 1. The van der Waals surface area contributed by atoms with Crippen LogP contribution in [0.25, 0.3) is 11.0 Å². The van der Waals surface area contributed by atoms with Crippen LogP contribution in [-0.2, 0) is 4.74 Å². The fourth-order valence-electron chi connectivity index (χ4n) is 2.74. The van der Waals surface area contributed by atoms with Crippen molar-refractivity contribution in [3.63, 3.8) is 0 Å². The average Bonchev–Trinajstić information content (AvgIpc) is 2.51. The van der Waals surface area contributed by atoms with Crippen LogP contribution in [0.5, 0.6) is 0 Å². The van der Waals surface area contributed by atoms with E-state index in [2.05, 4.69) is 51.4 Å². The molecule has 0 aromatic carbocycles. The zero-order chi connectivity index (χ0) is 12.3. The lowest BCUT2D eigenvalue weighted by Gasteiger charge is -2.55. The summed E-state index contributed by atoms with van der Waals surface area (Å²) in [5.41, 5.74) is 2.57. The van der Waals surface area contributed by atoms with Gasteiger partial charge in [0.2, 0.25) is 0 Å². The van der Waals surface area contributed by atoms with E-state index >= 15 is 0 Å². The van der Waals surface area contributed by atoms with Gasteiger partial charge in [0, 0.05) is 28.2 Å². The zero-order valence-electron chi connectivity index (χ0n) is 9.64. The van der Waals surface area contributed by atoms with E-state index in [1.807, 2.05) is 12.4 Å². The molecule has 0 amide bonds. The average molecular weight is 373 g/mol. The third-order valence-corrected chi connectivity index (χ3v) is 4.96. The molecule has 2 fully saturated rings. The molecule has 94 valence electrons. The van der Waals surface area contributed by atoms with Crippen LogP contribution in [0.1, 0.15) is 0 Å². The van der Waals surface area contributed by atoms with Gasteiger partial charge in [-0.2, -0.15) is 0 Å². The number of nitrogens with zero attached hydrogens (tertiary/aromatic N) is 3. The minimum atomic E-state index is 0.442. The first-order chi connectivity index (χ1) is 8.67. The molecule has 4 rings (SSSR count). The number of thiol groups is 1. The Morgan fingerprint density at radius 1 is 1.39 bits per heavy atom. The van der Waals surface area contributed by atoms with Crippen molar-refractivity contribution in [2.24, 2.45) is 5.41 Å². The highest BCUT2D eigenvalue weighted by Crippen LogP contribution is 2.40. The molecule has 2 aliphatic heterocycles. The summed E-state index contributed by atoms with van der Waals surface area (Å²) < 4.78 is 8.27. The number of hydrogen-bond donors (Lipinski definition) is 1. The molecule has 0 aliphatic carbocycles. The second kappa shape index (κ2) is 3.77. The van der Waals surface area contributed by atoms with Gasteiger partial charge in [-0.05, 0) is 28.7 Å². The largest absolute Gasteiger partial charge is 0.380 e. The van der Waals surface area contributed by atoms with Gasteiger partial charge in [0.05, 0.1) is 30.5 Å². The molecule has 0 bridgehead atoms. The minimum absolute atomic E-state index is 0.442. The van der Waals surface area contributed by atoms with E-state index in [4.69, 9.17) is 4.74 Å². The molecule has 0 saturated carbocycles. The van der Waals surface area contributed by atoms with Crippen molar-refractivity contribution >= 4 is 52.1 Å². The number of aromatic nitrogens is 2. The van der Waals surface area contributed by atoms with E-state index < -0.39 is 0 Å². The van der Waals surface area contributed by atoms with Crippen LogP contribution in [0, 0.1) is 8.99 Å². The number of pyridine rings is 1. The zero-order valence-corrected chi connectivity index (χ0v) is 12.7. The molecule has 0 unspecified atom stereocenters. The van der Waals surface area contributed by atoms with Crippen LogP contribution in [0.3, 0.4) is 0 Å². The predicted octanol–water partition coefficient (Wildman–Crippen LogP) is 2.17. The summed E-state index contributed by atoms with van der Waals surface area (Å²) in [5, 5.41) is 1.17. The van der Waals surface area contributed by atoms with E-state index in [9.17, 15) is 0 Å². The maximum atomic E-state index is 5.30. The standard InChI is InChI=1S/C12H12IN3OS/c13-10-3-16(18)11-9(10)1-8(2-14-11)15-4-12(5-15)6-17-7-12/h1-3,18H,4-7H2. The summed E-state index contributed by atoms with van der Waals surface area (Å²) in [4.78, 5) is 6.88. The SMILES string of the molecule is Sn1cc(I)c2cc(N3CC4(COC4)C3)cnc21. The number of fused-ring (bicyclic) bond motifs is 1. The Hall–Kier alpha value is -0.470. The maximum Gasteiger partial charge on any atom is 0.150 e. The number of ether oxygens (including phenoxy) is 1. The lowest BCUT2D eigenvalue weighted by Crippen LogP contribution is -2.66. The number of halogens is 1. The molecule has 4 heterocycles. The van der Waals surface area contributed by atoms with Crippen LogP contribution < -0.4 is 4.90 Å². The lowest BCUT2D eigenvalue weighted by atomic mass is 9.78. The lowest BCUT2D eigenvalue weighted by molar-refractivity contribution is -0.127. The van der Waals surface area contributed by atoms with Crippen LogP contribution in [0.15, 0.2) is 18.5 Å². The number of hydrogen-bond acceptors (Lipinski definition) is 4. The third-order valence-electron chi connectivity index (χ3n) is 3.80. The minimum Gasteiger partial charge on any atom is -0.380 e. The van der Waals surface area contributed by atoms with E-state index in [0.717, 1.165) is 32.0 Å². The van der Waals surface area contributed by atoms with Crippen LogP contribution in [0.2, 0.25) is 0 Å². The van der Waals surface area contributed by atoms with Gasteiger partial charge in [-0.25, -0.2) is 4.98 Å². The smallest absolute Gasteiger partial charge is 0.150 e. The Morgan fingerprint density at radius 3 is 2.83 bits per heavy atom. The summed E-state index contributed by atoms with van der Waals surface area (Å²) >= 11 is 6.69. The highest BCUT2D eigenvalue weighted by molar-refractivity contribution is 14.1. The van der Waals surface area contributed by atoms with Crippen molar-refractivity contribution in [2.75, 3.05) is 31.2 Å². The van der Waals surface area contributed by atoms with Gasteiger partial charge in [-0.15, -0.1) is 0 Å². The summed E-state index contributed by atoms with van der Waals surface area (Å²) in [6, 6.07) is 2.21. The van der Waals surface area contributed by atoms with Crippen molar-refractivity contribution in [3.8, 4) is 0 Å². The quantitative estimate of drug-likeness (QED) is 0.614. The monoisotopic (exact) mass is 373 g/mol. The molecule has 2 aromatic rings. The maximum absolute atomic E-state index is 5.30. The van der Waals surface area contributed by atoms with Crippen LogP contribution >= 0.6 is 35.4 Å². The first kappa shape index (κ1) is 11.4. The number of rotatable bonds is 1. The molecule has 2 aromatic heterocycles. The highest BCUT2D eigenvalue weighted by Gasteiger charge is 2.49. The van der Waals surface area contributed by atoms with Gasteiger partial charge in [-0.3, -0.25) is 3.97 Å². The summed E-state index contributed by atoms with van der Waals surface area (Å²) in [7, 11) is 0. The van der Waals surface area contributed by atoms with Gasteiger partial charge < -0.3 is 9.64 Å². The van der Waals surface area contributed by atoms with Gasteiger partial charge in [0.15, 0.2) is 5.65 Å². The van der Waals surface area contributed by atoms with Crippen molar-refractivity contribution in [1.29, 1.82) is 0 Å². The summed E-state index contributed by atoms with van der Waals surface area (Å²) in [6.07, 6.45) is 3.93. The van der Waals surface area contributed by atoms with Crippen molar-refractivity contribution in [2.45, 2.75) is 0 Å². The van der Waals surface area contributed by atoms with Crippen molar-refractivity contribution < 1.29 is 4.74 Å². The van der Waals surface area contributed by atoms with Gasteiger partial charge in [0.1, 0.15) is 0 Å². The second-order valence-electron chi connectivity index (χ2n) is 5.24. The first-order valence-corrected chi connectivity index (χ1v) is 7.33. The Bertz CT molecular complexity index is 630. The fourth-order valence-corrected chi connectivity index (χ4v) is 3.91. The van der Waals surface area contributed by atoms with Crippen LogP contribution in [0.4, 0.5) is 5.69 Å². The molecule has 6 heteroatoms. The molecule has 0 N–H and O–H groups in total. The van der Waals surface area contributed by atoms with Gasteiger partial charge in [0.25, 0.3) is 0 Å². The van der Waals surface area contributed by atoms with Crippen molar-refractivity contribution in [1.82, 2.24) is 8.96 Å². The highest BCUT2D eigenvalue weighted by atomic mass is 127. The van der Waals surface area contributed by atoms with E-state index in [0.29, 0.717) is 5.41 Å². The molecule has 1 spiro atoms. The van der Waals surface area contributed by atoms with E-state index in [1.54, 1.807) is 3.97 Å². The topological polar surface area (TPSA) is 30.3 Å². The molecule has 0 radical (unpaired) electrons. The molecule has 0 atom stereocenters. The predicted molar refractivity (Wildman–Crippen MR) is 82.3 cm³/mol. The molecule has 4 nitrogen and oxygen atoms in total.